The van der Waals surface area contributed by atoms with Gasteiger partial charge in [-0.3, -0.25) is 0 Å². The zero-order valence-corrected chi connectivity index (χ0v) is 13.8. The summed E-state index contributed by atoms with van der Waals surface area (Å²) in [7, 11) is 0. The molecular weight excluding hydrogens is 412 g/mol. The summed E-state index contributed by atoms with van der Waals surface area (Å²) in [4.78, 5) is 0. The van der Waals surface area contributed by atoms with E-state index >= 15 is 0 Å². The Hall–Kier alpha value is -1.34. The zero-order chi connectivity index (χ0) is 15.4. The molecule has 0 amide bonds. The molecule has 0 aliphatic carbocycles. The van der Waals surface area contributed by atoms with Crippen LogP contribution in [0.25, 0.3) is 0 Å². The summed E-state index contributed by atoms with van der Waals surface area (Å²) >= 11 is 6.48. The van der Waals surface area contributed by atoms with Crippen LogP contribution < -0.4 is 10.1 Å². The van der Waals surface area contributed by atoms with Crippen molar-refractivity contribution >= 4 is 37.5 Å². The number of phenolic OH excluding ortho intramolecular Hbond substituents is 1. The molecule has 2 aromatic carbocycles. The third-order valence-corrected chi connectivity index (χ3v) is 3.87. The minimum Gasteiger partial charge on any atom is -0.506 e. The number of halogens is 4. The standard InChI is InChI=1S/C14H11Br2F2NO2/c15-9-5-8(6-10(16)13(9)20)7-19-11-3-1-2-4-12(11)21-14(17)18/h1-6,14,19-20H,7H2. The highest BCUT2D eigenvalue weighted by Crippen LogP contribution is 2.34. The first-order valence-corrected chi connectivity index (χ1v) is 7.50. The van der Waals surface area contributed by atoms with Gasteiger partial charge in [0.1, 0.15) is 11.5 Å². The second-order valence-electron chi connectivity index (χ2n) is 4.14. The maximum Gasteiger partial charge on any atom is 0.387 e. The third-order valence-electron chi connectivity index (χ3n) is 2.66. The summed E-state index contributed by atoms with van der Waals surface area (Å²) in [6.45, 7) is -2.48. The Morgan fingerprint density at radius 3 is 2.38 bits per heavy atom. The van der Waals surface area contributed by atoms with Crippen molar-refractivity contribution in [1.29, 1.82) is 0 Å². The number of alkyl halides is 2. The Kier molecular flexibility index (Phi) is 5.41. The fourth-order valence-corrected chi connectivity index (χ4v) is 3.01. The van der Waals surface area contributed by atoms with Gasteiger partial charge in [-0.25, -0.2) is 0 Å². The molecule has 0 saturated carbocycles. The zero-order valence-electron chi connectivity index (χ0n) is 10.6. The van der Waals surface area contributed by atoms with Gasteiger partial charge in [-0.15, -0.1) is 0 Å². The van der Waals surface area contributed by atoms with Crippen LogP contribution in [0.1, 0.15) is 5.56 Å². The van der Waals surface area contributed by atoms with Crippen LogP contribution >= 0.6 is 31.9 Å². The fourth-order valence-electron chi connectivity index (χ4n) is 1.73. The average Bonchev–Trinajstić information content (AvgIpc) is 2.43. The van der Waals surface area contributed by atoms with Crippen molar-refractivity contribution in [2.24, 2.45) is 0 Å². The molecule has 2 rings (SSSR count). The van der Waals surface area contributed by atoms with Gasteiger partial charge in [0.05, 0.1) is 14.6 Å². The second-order valence-corrected chi connectivity index (χ2v) is 5.84. The number of phenols is 1. The molecule has 0 atom stereocenters. The van der Waals surface area contributed by atoms with Crippen LogP contribution in [0, 0.1) is 0 Å². The molecule has 7 heteroatoms. The molecule has 0 radical (unpaired) electrons. The van der Waals surface area contributed by atoms with Crippen LogP contribution in [-0.2, 0) is 6.54 Å². The highest BCUT2D eigenvalue weighted by Gasteiger charge is 2.10. The van der Waals surface area contributed by atoms with Crippen LogP contribution in [-0.4, -0.2) is 11.7 Å². The van der Waals surface area contributed by atoms with E-state index in [2.05, 4.69) is 41.9 Å². The number of hydrogen-bond acceptors (Lipinski definition) is 3. The Balaban J connectivity index is 2.13. The molecular formula is C14H11Br2F2NO2. The van der Waals surface area contributed by atoms with E-state index < -0.39 is 6.61 Å². The van der Waals surface area contributed by atoms with E-state index in [9.17, 15) is 13.9 Å². The Morgan fingerprint density at radius 1 is 1.14 bits per heavy atom. The summed E-state index contributed by atoms with van der Waals surface area (Å²) in [5, 5.41) is 12.7. The van der Waals surface area contributed by atoms with Crippen molar-refractivity contribution in [3.8, 4) is 11.5 Å². The second kappa shape index (κ2) is 7.09. The summed E-state index contributed by atoms with van der Waals surface area (Å²) in [5.74, 6) is 0.199. The average molecular weight is 423 g/mol. The van der Waals surface area contributed by atoms with Crippen LogP contribution in [0.4, 0.5) is 14.5 Å². The maximum atomic E-state index is 12.3. The predicted octanol–water partition coefficient (Wildman–Crippen LogP) is 5.13. The lowest BCUT2D eigenvalue weighted by Gasteiger charge is -2.13. The number of para-hydroxylation sites is 2. The molecule has 0 fully saturated rings. The fraction of sp³-hybridized carbons (Fsp3) is 0.143. The summed E-state index contributed by atoms with van der Waals surface area (Å²) in [6, 6.07) is 9.95. The van der Waals surface area contributed by atoms with E-state index in [1.165, 1.54) is 6.07 Å². The van der Waals surface area contributed by atoms with Gasteiger partial charge in [-0.05, 0) is 61.7 Å². The lowest BCUT2D eigenvalue weighted by molar-refractivity contribution is -0.0493. The minimum absolute atomic E-state index is 0.0874. The SMILES string of the molecule is Oc1c(Br)cc(CNc2ccccc2OC(F)F)cc1Br. The molecule has 0 aliphatic heterocycles. The monoisotopic (exact) mass is 421 g/mol. The van der Waals surface area contributed by atoms with Gasteiger partial charge in [0.2, 0.25) is 0 Å². The number of benzene rings is 2. The van der Waals surface area contributed by atoms with Gasteiger partial charge in [0.25, 0.3) is 0 Å². The van der Waals surface area contributed by atoms with E-state index in [-0.39, 0.29) is 11.5 Å². The van der Waals surface area contributed by atoms with Crippen molar-refractivity contribution in [3.63, 3.8) is 0 Å². The first-order valence-electron chi connectivity index (χ1n) is 5.92. The van der Waals surface area contributed by atoms with E-state index in [1.54, 1.807) is 30.3 Å². The van der Waals surface area contributed by atoms with Gasteiger partial charge < -0.3 is 15.2 Å². The van der Waals surface area contributed by atoms with E-state index in [0.29, 0.717) is 21.2 Å². The van der Waals surface area contributed by atoms with Gasteiger partial charge in [-0.2, -0.15) is 8.78 Å². The summed E-state index contributed by atoms with van der Waals surface area (Å²) in [6.07, 6.45) is 0. The first-order chi connectivity index (χ1) is 9.97. The largest absolute Gasteiger partial charge is 0.506 e. The molecule has 3 nitrogen and oxygen atoms in total. The maximum absolute atomic E-state index is 12.3. The number of nitrogens with one attached hydrogen (secondary N) is 1. The molecule has 0 unspecified atom stereocenters. The first kappa shape index (κ1) is 16.0. The molecule has 0 aliphatic rings. The molecule has 2 N–H and O–H groups in total. The number of rotatable bonds is 5. The topological polar surface area (TPSA) is 41.5 Å². The molecule has 0 spiro atoms. The van der Waals surface area contributed by atoms with Crippen molar-refractivity contribution in [1.82, 2.24) is 0 Å². The quantitative estimate of drug-likeness (QED) is 0.701. The van der Waals surface area contributed by atoms with Crippen molar-refractivity contribution in [2.45, 2.75) is 13.2 Å². The van der Waals surface area contributed by atoms with Crippen LogP contribution in [0.3, 0.4) is 0 Å². The summed E-state index contributed by atoms with van der Waals surface area (Å²) in [5.41, 5.74) is 1.33. The highest BCUT2D eigenvalue weighted by molar-refractivity contribution is 9.11. The van der Waals surface area contributed by atoms with Crippen LogP contribution in [0.2, 0.25) is 0 Å². The molecule has 2 aromatic rings. The van der Waals surface area contributed by atoms with Crippen LogP contribution in [0.5, 0.6) is 11.5 Å². The molecule has 0 aromatic heterocycles. The number of aromatic hydroxyl groups is 1. The number of hydrogen-bond donors (Lipinski definition) is 2. The van der Waals surface area contributed by atoms with Crippen molar-refractivity contribution in [3.05, 3.63) is 50.9 Å². The van der Waals surface area contributed by atoms with E-state index in [0.717, 1.165) is 5.56 Å². The van der Waals surface area contributed by atoms with E-state index in [1.807, 2.05) is 0 Å². The summed E-state index contributed by atoms with van der Waals surface area (Å²) < 4.78 is 30.2. The Labute approximate surface area is 137 Å². The lowest BCUT2D eigenvalue weighted by atomic mass is 10.2. The smallest absolute Gasteiger partial charge is 0.387 e. The molecule has 0 bridgehead atoms. The lowest BCUT2D eigenvalue weighted by Crippen LogP contribution is -2.06. The molecule has 21 heavy (non-hydrogen) atoms. The van der Waals surface area contributed by atoms with Gasteiger partial charge >= 0.3 is 6.61 Å². The molecule has 112 valence electrons. The van der Waals surface area contributed by atoms with Crippen molar-refractivity contribution < 1.29 is 18.6 Å². The van der Waals surface area contributed by atoms with Gasteiger partial charge in [0.15, 0.2) is 0 Å². The highest BCUT2D eigenvalue weighted by atomic mass is 79.9. The third kappa shape index (κ3) is 4.31. The Bertz CT molecular complexity index is 615. The minimum atomic E-state index is -2.87. The number of ether oxygens (including phenoxy) is 1. The van der Waals surface area contributed by atoms with Gasteiger partial charge in [-0.1, -0.05) is 12.1 Å². The molecule has 0 saturated heterocycles. The van der Waals surface area contributed by atoms with E-state index in [4.69, 9.17) is 0 Å². The molecule has 0 heterocycles. The number of anilines is 1. The van der Waals surface area contributed by atoms with Crippen LogP contribution in [0.15, 0.2) is 45.3 Å². The predicted molar refractivity (Wildman–Crippen MR) is 83.9 cm³/mol. The van der Waals surface area contributed by atoms with Gasteiger partial charge in [0, 0.05) is 6.54 Å². The Morgan fingerprint density at radius 2 is 1.76 bits per heavy atom. The normalized spacial score (nSPS) is 10.7. The van der Waals surface area contributed by atoms with Crippen molar-refractivity contribution in [2.75, 3.05) is 5.32 Å².